The minimum Gasteiger partial charge on any atom is -0.507 e. The molecule has 3 nitrogen and oxygen atoms in total. The third-order valence-electron chi connectivity index (χ3n) is 3.59. The number of ether oxygens (including phenoxy) is 1. The first kappa shape index (κ1) is 12.2. The molecule has 94 valence electrons. The van der Waals surface area contributed by atoms with Crippen LogP contribution in [0.25, 0.3) is 0 Å². The minimum atomic E-state index is 0.386. The van der Waals surface area contributed by atoms with E-state index in [-0.39, 0.29) is 0 Å². The summed E-state index contributed by atoms with van der Waals surface area (Å²) < 4.78 is 5.20. The van der Waals surface area contributed by atoms with Crippen LogP contribution < -0.4 is 9.64 Å². The van der Waals surface area contributed by atoms with Gasteiger partial charge in [-0.25, -0.2) is 0 Å². The average molecular weight is 236 g/mol. The van der Waals surface area contributed by atoms with Crippen LogP contribution in [-0.2, 0) is 6.54 Å². The van der Waals surface area contributed by atoms with Gasteiger partial charge in [0.2, 0.25) is 0 Å². The summed E-state index contributed by atoms with van der Waals surface area (Å²) in [5.74, 6) is 2.00. The summed E-state index contributed by atoms with van der Waals surface area (Å²) in [6.45, 7) is 5.62. The molecular formula is C14H22NO2+. The van der Waals surface area contributed by atoms with Gasteiger partial charge in [-0.15, -0.1) is 0 Å². The quantitative estimate of drug-likeness (QED) is 0.827. The Bertz CT molecular complexity index is 378. The summed E-state index contributed by atoms with van der Waals surface area (Å²) in [7, 11) is 1.66. The van der Waals surface area contributed by atoms with Crippen LogP contribution in [0.5, 0.6) is 11.5 Å². The van der Waals surface area contributed by atoms with Crippen molar-refractivity contribution < 1.29 is 14.7 Å². The maximum absolute atomic E-state index is 9.86. The van der Waals surface area contributed by atoms with Crippen molar-refractivity contribution in [3.05, 3.63) is 23.8 Å². The molecule has 0 saturated carbocycles. The molecule has 1 unspecified atom stereocenters. The molecule has 1 aromatic rings. The van der Waals surface area contributed by atoms with E-state index in [4.69, 9.17) is 4.74 Å². The molecule has 1 aliphatic rings. The predicted octanol–water partition coefficient (Wildman–Crippen LogP) is 1.22. The molecule has 0 radical (unpaired) electrons. The topological polar surface area (TPSA) is 33.9 Å². The standard InChI is InChI=1S/C14H21NO2/c1-11-4-3-7-15(9-11)10-12-8-13(17-2)5-6-14(12)16/h5-6,8,11,16H,3-4,7,9-10H2,1-2H3/p+1/t11-/m0/s1. The lowest BCUT2D eigenvalue weighted by Crippen LogP contribution is -3.12. The largest absolute Gasteiger partial charge is 0.507 e. The average Bonchev–Trinajstić information content (AvgIpc) is 2.32. The number of piperidine rings is 1. The fourth-order valence-electron chi connectivity index (χ4n) is 2.66. The van der Waals surface area contributed by atoms with Gasteiger partial charge in [-0.05, 0) is 31.0 Å². The van der Waals surface area contributed by atoms with Gasteiger partial charge >= 0.3 is 0 Å². The van der Waals surface area contributed by atoms with Crippen molar-refractivity contribution in [2.24, 2.45) is 5.92 Å². The lowest BCUT2D eigenvalue weighted by molar-refractivity contribution is -0.922. The maximum atomic E-state index is 9.86. The fourth-order valence-corrected chi connectivity index (χ4v) is 2.66. The van der Waals surface area contributed by atoms with Crippen LogP contribution >= 0.6 is 0 Å². The number of phenols is 1. The van der Waals surface area contributed by atoms with Crippen molar-refractivity contribution in [1.29, 1.82) is 0 Å². The molecule has 0 amide bonds. The Labute approximate surface area is 103 Å². The van der Waals surface area contributed by atoms with Gasteiger partial charge in [0.25, 0.3) is 0 Å². The maximum Gasteiger partial charge on any atom is 0.124 e. The number of likely N-dealkylation sites (tertiary alicyclic amines) is 1. The molecule has 2 rings (SSSR count). The molecule has 3 heteroatoms. The molecule has 0 bridgehead atoms. The molecule has 17 heavy (non-hydrogen) atoms. The van der Waals surface area contributed by atoms with Crippen LogP contribution in [0.15, 0.2) is 18.2 Å². The first-order valence-electron chi connectivity index (χ1n) is 6.38. The van der Waals surface area contributed by atoms with E-state index in [0.717, 1.165) is 23.8 Å². The molecule has 1 aromatic carbocycles. The van der Waals surface area contributed by atoms with Crippen molar-refractivity contribution in [3.8, 4) is 11.5 Å². The summed E-state index contributed by atoms with van der Waals surface area (Å²) in [4.78, 5) is 1.56. The van der Waals surface area contributed by atoms with E-state index in [1.807, 2.05) is 6.07 Å². The number of benzene rings is 1. The zero-order valence-corrected chi connectivity index (χ0v) is 10.7. The Morgan fingerprint density at radius 1 is 1.47 bits per heavy atom. The smallest absolute Gasteiger partial charge is 0.124 e. The molecule has 0 aromatic heterocycles. The van der Waals surface area contributed by atoms with E-state index >= 15 is 0 Å². The highest BCUT2D eigenvalue weighted by atomic mass is 16.5. The number of quaternary nitrogens is 1. The van der Waals surface area contributed by atoms with Crippen molar-refractivity contribution in [2.75, 3.05) is 20.2 Å². The highest BCUT2D eigenvalue weighted by Crippen LogP contribution is 2.22. The van der Waals surface area contributed by atoms with E-state index in [9.17, 15) is 5.11 Å². The van der Waals surface area contributed by atoms with E-state index < -0.39 is 0 Å². The van der Waals surface area contributed by atoms with E-state index in [2.05, 4.69) is 6.92 Å². The Morgan fingerprint density at radius 3 is 3.00 bits per heavy atom. The summed E-state index contributed by atoms with van der Waals surface area (Å²) >= 11 is 0. The van der Waals surface area contributed by atoms with Gasteiger partial charge in [0.05, 0.1) is 25.8 Å². The fraction of sp³-hybridized carbons (Fsp3) is 0.571. The first-order chi connectivity index (χ1) is 8.19. The number of nitrogens with one attached hydrogen (secondary N) is 1. The number of methoxy groups -OCH3 is 1. The lowest BCUT2D eigenvalue weighted by Gasteiger charge is -2.28. The Morgan fingerprint density at radius 2 is 2.29 bits per heavy atom. The van der Waals surface area contributed by atoms with Gasteiger partial charge < -0.3 is 14.7 Å². The van der Waals surface area contributed by atoms with Gasteiger partial charge in [-0.1, -0.05) is 6.92 Å². The second kappa shape index (κ2) is 5.41. The number of phenolic OH excluding ortho intramolecular Hbond substituents is 1. The Kier molecular flexibility index (Phi) is 3.89. The van der Waals surface area contributed by atoms with Crippen LogP contribution in [0.1, 0.15) is 25.3 Å². The molecule has 1 saturated heterocycles. The third-order valence-corrected chi connectivity index (χ3v) is 3.59. The molecule has 2 N–H and O–H groups in total. The molecule has 0 spiro atoms. The van der Waals surface area contributed by atoms with Crippen molar-refractivity contribution in [1.82, 2.24) is 0 Å². The van der Waals surface area contributed by atoms with Gasteiger partial charge in [-0.2, -0.15) is 0 Å². The molecular weight excluding hydrogens is 214 g/mol. The molecule has 1 heterocycles. The van der Waals surface area contributed by atoms with Gasteiger partial charge in [0.1, 0.15) is 18.0 Å². The predicted molar refractivity (Wildman–Crippen MR) is 67.5 cm³/mol. The third kappa shape index (κ3) is 3.13. The van der Waals surface area contributed by atoms with Crippen molar-refractivity contribution in [3.63, 3.8) is 0 Å². The van der Waals surface area contributed by atoms with Crippen molar-refractivity contribution in [2.45, 2.75) is 26.3 Å². The molecule has 2 atom stereocenters. The van der Waals surface area contributed by atoms with Gasteiger partial charge in [-0.3, -0.25) is 0 Å². The highest BCUT2D eigenvalue weighted by Gasteiger charge is 2.20. The van der Waals surface area contributed by atoms with Crippen LogP contribution in [0.4, 0.5) is 0 Å². The second-order valence-corrected chi connectivity index (χ2v) is 5.12. The van der Waals surface area contributed by atoms with Gasteiger partial charge in [0, 0.05) is 5.92 Å². The summed E-state index contributed by atoms with van der Waals surface area (Å²) in [6.07, 6.45) is 2.63. The van der Waals surface area contributed by atoms with E-state index in [1.165, 1.54) is 25.9 Å². The second-order valence-electron chi connectivity index (χ2n) is 5.12. The van der Waals surface area contributed by atoms with Crippen LogP contribution in [0.2, 0.25) is 0 Å². The van der Waals surface area contributed by atoms with Gasteiger partial charge in [0.15, 0.2) is 0 Å². The van der Waals surface area contributed by atoms with E-state index in [0.29, 0.717) is 5.75 Å². The van der Waals surface area contributed by atoms with Crippen molar-refractivity contribution >= 4 is 0 Å². The lowest BCUT2D eigenvalue weighted by atomic mass is 9.99. The normalized spacial score (nSPS) is 24.6. The highest BCUT2D eigenvalue weighted by molar-refractivity contribution is 5.38. The molecule has 0 aliphatic carbocycles. The van der Waals surface area contributed by atoms with E-state index in [1.54, 1.807) is 24.1 Å². The summed E-state index contributed by atoms with van der Waals surface area (Å²) in [6, 6.07) is 5.47. The summed E-state index contributed by atoms with van der Waals surface area (Å²) in [5, 5.41) is 9.86. The SMILES string of the molecule is COc1ccc(O)c(C[NH+]2CCC[C@H](C)C2)c1. The number of hydrogen-bond donors (Lipinski definition) is 2. The summed E-state index contributed by atoms with van der Waals surface area (Å²) in [5.41, 5.74) is 0.994. The Balaban J connectivity index is 2.06. The van der Waals surface area contributed by atoms with Crippen LogP contribution in [-0.4, -0.2) is 25.3 Å². The first-order valence-corrected chi connectivity index (χ1v) is 6.38. The monoisotopic (exact) mass is 236 g/mol. The molecule has 1 fully saturated rings. The van der Waals surface area contributed by atoms with Crippen LogP contribution in [0.3, 0.4) is 0 Å². The zero-order valence-electron chi connectivity index (χ0n) is 10.7. The zero-order chi connectivity index (χ0) is 12.3. The van der Waals surface area contributed by atoms with Crippen LogP contribution in [0, 0.1) is 5.92 Å². The number of hydrogen-bond acceptors (Lipinski definition) is 2. The molecule has 1 aliphatic heterocycles. The number of rotatable bonds is 3. The minimum absolute atomic E-state index is 0.386. The number of aromatic hydroxyl groups is 1. The Hall–Kier alpha value is -1.22.